The first-order valence-corrected chi connectivity index (χ1v) is 11.1. The van der Waals surface area contributed by atoms with Gasteiger partial charge in [-0.25, -0.2) is 4.98 Å². The van der Waals surface area contributed by atoms with E-state index in [2.05, 4.69) is 14.5 Å². The van der Waals surface area contributed by atoms with Crippen LogP contribution < -0.4 is 4.74 Å². The standard InChI is InChI=1S/C22H22Cl2N4O3/c23-15-7-14(8-16(24)10-15)9-20(29)27-6-2-3-17(11-27)28-19-4-1-5-25-21(19)26-22(28)31-18-12-30-13-18/h1,4-5,7-8,10,17-18H,2-3,6,9,11-13H2/t17-/m0/s1. The molecule has 2 aliphatic rings. The van der Waals surface area contributed by atoms with Crippen LogP contribution in [-0.4, -0.2) is 57.7 Å². The Kier molecular flexibility index (Phi) is 5.73. The van der Waals surface area contributed by atoms with Crippen molar-refractivity contribution in [2.45, 2.75) is 31.4 Å². The van der Waals surface area contributed by atoms with Crippen LogP contribution in [0.1, 0.15) is 24.4 Å². The van der Waals surface area contributed by atoms with E-state index >= 15 is 0 Å². The largest absolute Gasteiger partial charge is 0.456 e. The molecule has 4 heterocycles. The molecule has 5 rings (SSSR count). The maximum atomic E-state index is 13.0. The topological polar surface area (TPSA) is 69.5 Å². The Balaban J connectivity index is 1.38. The lowest BCUT2D eigenvalue weighted by molar-refractivity contribution is -0.132. The average molecular weight is 461 g/mol. The zero-order valence-corrected chi connectivity index (χ0v) is 18.3. The minimum atomic E-state index is 0.00413. The minimum absolute atomic E-state index is 0.00413. The average Bonchev–Trinajstić information content (AvgIpc) is 3.08. The first-order valence-electron chi connectivity index (χ1n) is 10.4. The number of nitrogens with zero attached hydrogens (tertiary/aromatic N) is 4. The van der Waals surface area contributed by atoms with Crippen molar-refractivity contribution in [3.05, 3.63) is 52.1 Å². The van der Waals surface area contributed by atoms with Crippen molar-refractivity contribution in [3.8, 4) is 6.01 Å². The number of rotatable bonds is 5. The number of carbonyl (C=O) groups excluding carboxylic acids is 1. The fourth-order valence-electron chi connectivity index (χ4n) is 4.17. The Morgan fingerprint density at radius 3 is 2.77 bits per heavy atom. The first-order chi connectivity index (χ1) is 15.1. The molecule has 3 aromatic rings. The normalized spacial score (nSPS) is 19.4. The van der Waals surface area contributed by atoms with Gasteiger partial charge in [0.15, 0.2) is 5.65 Å². The summed E-state index contributed by atoms with van der Waals surface area (Å²) in [6.07, 6.45) is 3.83. The van der Waals surface area contributed by atoms with Crippen LogP contribution in [0.5, 0.6) is 6.01 Å². The number of pyridine rings is 1. The van der Waals surface area contributed by atoms with Crippen molar-refractivity contribution in [2.24, 2.45) is 0 Å². The molecule has 31 heavy (non-hydrogen) atoms. The number of piperidine rings is 1. The molecule has 0 radical (unpaired) electrons. The predicted molar refractivity (Wildman–Crippen MR) is 118 cm³/mol. The molecule has 0 N–H and O–H groups in total. The number of likely N-dealkylation sites (tertiary alicyclic amines) is 1. The summed E-state index contributed by atoms with van der Waals surface area (Å²) in [6.45, 7) is 2.44. The van der Waals surface area contributed by atoms with E-state index in [1.54, 1.807) is 24.4 Å². The fraction of sp³-hybridized carbons (Fsp3) is 0.409. The number of aromatic nitrogens is 3. The zero-order chi connectivity index (χ0) is 21.4. The number of fused-ring (bicyclic) bond motifs is 1. The van der Waals surface area contributed by atoms with Crippen molar-refractivity contribution in [1.82, 2.24) is 19.4 Å². The van der Waals surface area contributed by atoms with E-state index in [1.165, 1.54) is 0 Å². The number of hydrogen-bond acceptors (Lipinski definition) is 5. The molecule has 2 fully saturated rings. The Hall–Kier alpha value is -2.35. The Morgan fingerprint density at radius 2 is 2.03 bits per heavy atom. The molecule has 0 unspecified atom stereocenters. The molecule has 0 bridgehead atoms. The second kappa shape index (κ2) is 8.65. The van der Waals surface area contributed by atoms with Gasteiger partial charge in [-0.1, -0.05) is 23.2 Å². The Morgan fingerprint density at radius 1 is 1.23 bits per heavy atom. The third-order valence-corrected chi connectivity index (χ3v) is 6.14. The van der Waals surface area contributed by atoms with Crippen LogP contribution in [0.4, 0.5) is 0 Å². The number of imidazole rings is 1. The Bertz CT molecular complexity index is 1100. The van der Waals surface area contributed by atoms with Crippen LogP contribution in [0.2, 0.25) is 10.0 Å². The lowest BCUT2D eigenvalue weighted by atomic mass is 10.0. The molecule has 2 aliphatic heterocycles. The van der Waals surface area contributed by atoms with Crippen molar-refractivity contribution in [2.75, 3.05) is 26.3 Å². The van der Waals surface area contributed by atoms with Crippen LogP contribution in [0, 0.1) is 0 Å². The van der Waals surface area contributed by atoms with Crippen molar-refractivity contribution in [1.29, 1.82) is 0 Å². The number of benzene rings is 1. The summed E-state index contributed by atoms with van der Waals surface area (Å²) in [5.74, 6) is 0.0560. The van der Waals surface area contributed by atoms with Gasteiger partial charge in [-0.15, -0.1) is 0 Å². The summed E-state index contributed by atoms with van der Waals surface area (Å²) in [7, 11) is 0. The van der Waals surface area contributed by atoms with E-state index in [1.807, 2.05) is 17.0 Å². The molecule has 0 saturated carbocycles. The highest BCUT2D eigenvalue weighted by atomic mass is 35.5. The first kappa shape index (κ1) is 20.5. The molecule has 162 valence electrons. The highest BCUT2D eigenvalue weighted by molar-refractivity contribution is 6.34. The van der Waals surface area contributed by atoms with Gasteiger partial charge in [0.05, 0.1) is 31.2 Å². The van der Waals surface area contributed by atoms with Gasteiger partial charge in [0.25, 0.3) is 6.01 Å². The number of ether oxygens (including phenoxy) is 2. The van der Waals surface area contributed by atoms with E-state index in [9.17, 15) is 4.79 Å². The van der Waals surface area contributed by atoms with Gasteiger partial charge >= 0.3 is 0 Å². The minimum Gasteiger partial charge on any atom is -0.456 e. The van der Waals surface area contributed by atoms with E-state index in [4.69, 9.17) is 32.7 Å². The number of carbonyl (C=O) groups is 1. The lowest BCUT2D eigenvalue weighted by Gasteiger charge is -2.35. The van der Waals surface area contributed by atoms with Gasteiger partial charge < -0.3 is 14.4 Å². The second-order valence-electron chi connectivity index (χ2n) is 7.98. The van der Waals surface area contributed by atoms with Crippen molar-refractivity contribution >= 4 is 40.3 Å². The number of hydrogen-bond donors (Lipinski definition) is 0. The van der Waals surface area contributed by atoms with Gasteiger partial charge in [-0.05, 0) is 48.7 Å². The van der Waals surface area contributed by atoms with Crippen molar-refractivity contribution in [3.63, 3.8) is 0 Å². The molecule has 2 saturated heterocycles. The quantitative estimate of drug-likeness (QED) is 0.576. The fourth-order valence-corrected chi connectivity index (χ4v) is 4.74. The third kappa shape index (κ3) is 4.35. The third-order valence-electron chi connectivity index (χ3n) is 5.70. The predicted octanol–water partition coefficient (Wildman–Crippen LogP) is 3.92. The summed E-state index contributed by atoms with van der Waals surface area (Å²) in [5, 5.41) is 1.07. The summed E-state index contributed by atoms with van der Waals surface area (Å²) in [6, 6.07) is 9.73. The van der Waals surface area contributed by atoms with Gasteiger partial charge in [-0.3, -0.25) is 9.36 Å². The molecule has 2 aromatic heterocycles. The maximum absolute atomic E-state index is 13.0. The van der Waals surface area contributed by atoms with Gasteiger partial charge in [0.1, 0.15) is 6.10 Å². The van der Waals surface area contributed by atoms with E-state index in [0.29, 0.717) is 41.5 Å². The van der Waals surface area contributed by atoms with Crippen molar-refractivity contribution < 1.29 is 14.3 Å². The second-order valence-corrected chi connectivity index (χ2v) is 8.85. The molecule has 1 aromatic carbocycles. The molecule has 7 nitrogen and oxygen atoms in total. The molecular formula is C22H22Cl2N4O3. The summed E-state index contributed by atoms with van der Waals surface area (Å²) >= 11 is 12.2. The smallest absolute Gasteiger partial charge is 0.299 e. The molecular weight excluding hydrogens is 439 g/mol. The summed E-state index contributed by atoms with van der Waals surface area (Å²) < 4.78 is 13.4. The monoisotopic (exact) mass is 460 g/mol. The highest BCUT2D eigenvalue weighted by Gasteiger charge is 2.30. The van der Waals surface area contributed by atoms with Crippen LogP contribution in [-0.2, 0) is 16.0 Å². The van der Waals surface area contributed by atoms with Crippen LogP contribution >= 0.6 is 23.2 Å². The molecule has 0 spiro atoms. The molecule has 9 heteroatoms. The van der Waals surface area contributed by atoms with Gasteiger partial charge in [-0.2, -0.15) is 4.98 Å². The molecule has 0 aliphatic carbocycles. The van der Waals surface area contributed by atoms with Crippen LogP contribution in [0.25, 0.3) is 11.2 Å². The van der Waals surface area contributed by atoms with E-state index < -0.39 is 0 Å². The Labute approximate surface area is 189 Å². The molecule has 1 amide bonds. The van der Waals surface area contributed by atoms with E-state index in [0.717, 1.165) is 30.5 Å². The number of amides is 1. The van der Waals surface area contributed by atoms with E-state index in [-0.39, 0.29) is 24.5 Å². The highest BCUT2D eigenvalue weighted by Crippen LogP contribution is 2.32. The zero-order valence-electron chi connectivity index (χ0n) is 16.8. The number of halogens is 2. The summed E-state index contributed by atoms with van der Waals surface area (Å²) in [4.78, 5) is 23.9. The van der Waals surface area contributed by atoms with Crippen LogP contribution in [0.15, 0.2) is 36.5 Å². The maximum Gasteiger partial charge on any atom is 0.299 e. The summed E-state index contributed by atoms with van der Waals surface area (Å²) in [5.41, 5.74) is 2.38. The lowest BCUT2D eigenvalue weighted by Crippen LogP contribution is -2.42. The van der Waals surface area contributed by atoms with Gasteiger partial charge in [0.2, 0.25) is 5.91 Å². The molecule has 1 atom stereocenters. The van der Waals surface area contributed by atoms with Crippen LogP contribution in [0.3, 0.4) is 0 Å². The SMILES string of the molecule is O=C(Cc1cc(Cl)cc(Cl)c1)N1CCC[C@H](n2c(OC3COC3)nc3ncccc32)C1. The van der Waals surface area contributed by atoms with Gasteiger partial charge in [0, 0.05) is 29.3 Å².